The second kappa shape index (κ2) is 8.61. The lowest BCUT2D eigenvalue weighted by molar-refractivity contribution is 0.0697. The van der Waals surface area contributed by atoms with Crippen molar-refractivity contribution in [1.29, 1.82) is 0 Å². The Hall–Kier alpha value is -3.65. The molecule has 1 aliphatic carbocycles. The molecule has 0 atom stereocenters. The van der Waals surface area contributed by atoms with Gasteiger partial charge < -0.3 is 9.67 Å². The van der Waals surface area contributed by atoms with Gasteiger partial charge in [-0.25, -0.2) is 18.2 Å². The van der Waals surface area contributed by atoms with Crippen LogP contribution in [0.4, 0.5) is 5.69 Å². The maximum Gasteiger partial charge on any atom is 0.335 e. The third-order valence-corrected chi connectivity index (χ3v) is 8.32. The molecule has 1 N–H and O–H groups in total. The monoisotopic (exact) mass is 475 g/mol. The third kappa shape index (κ3) is 3.84. The summed E-state index contributed by atoms with van der Waals surface area (Å²) in [4.78, 5) is 16.5. The molecule has 1 aromatic heterocycles. The highest BCUT2D eigenvalue weighted by Crippen LogP contribution is 2.37. The molecule has 0 radical (unpaired) electrons. The first kappa shape index (κ1) is 22.2. The fourth-order valence-corrected chi connectivity index (χ4v) is 5.89. The summed E-state index contributed by atoms with van der Waals surface area (Å²) in [5.74, 6) is -0.213. The van der Waals surface area contributed by atoms with Crippen LogP contribution in [0.15, 0.2) is 77.7 Å². The van der Waals surface area contributed by atoms with Gasteiger partial charge in [0.15, 0.2) is 0 Å². The molecule has 0 saturated heterocycles. The van der Waals surface area contributed by atoms with Crippen LogP contribution in [0.3, 0.4) is 0 Å². The van der Waals surface area contributed by atoms with Crippen molar-refractivity contribution in [2.45, 2.75) is 36.6 Å². The molecule has 1 heterocycles. The lowest BCUT2D eigenvalue weighted by Gasteiger charge is -2.20. The zero-order chi connectivity index (χ0) is 23.9. The van der Waals surface area contributed by atoms with Crippen molar-refractivity contribution in [2.75, 3.05) is 11.4 Å². The first-order valence-corrected chi connectivity index (χ1v) is 12.7. The zero-order valence-corrected chi connectivity index (χ0v) is 19.6. The fourth-order valence-electron chi connectivity index (χ4n) is 4.68. The molecule has 1 saturated carbocycles. The number of carboxylic acid groups (broad SMARTS) is 1. The van der Waals surface area contributed by atoms with Gasteiger partial charge in [-0.3, -0.25) is 4.31 Å². The van der Waals surface area contributed by atoms with Gasteiger partial charge in [-0.15, -0.1) is 0 Å². The van der Waals surface area contributed by atoms with E-state index in [-0.39, 0.29) is 10.5 Å². The molecule has 1 fully saturated rings. The quantitative estimate of drug-likeness (QED) is 0.406. The Balaban J connectivity index is 1.55. The van der Waals surface area contributed by atoms with E-state index in [0.29, 0.717) is 17.2 Å². The molecule has 8 heteroatoms. The smallest absolute Gasteiger partial charge is 0.335 e. The molecule has 34 heavy (non-hydrogen) atoms. The van der Waals surface area contributed by atoms with E-state index in [9.17, 15) is 18.3 Å². The molecule has 5 rings (SSSR count). The number of carboxylic acids is 1. The van der Waals surface area contributed by atoms with Gasteiger partial charge in [0, 0.05) is 18.7 Å². The number of benzene rings is 3. The number of sulfonamides is 1. The van der Waals surface area contributed by atoms with Gasteiger partial charge in [-0.05, 0) is 67.4 Å². The highest BCUT2D eigenvalue weighted by Gasteiger charge is 2.25. The summed E-state index contributed by atoms with van der Waals surface area (Å²) in [5, 5.41) is 9.39. The number of hydrogen-bond acceptors (Lipinski definition) is 4. The molecule has 0 unspecified atom stereocenters. The molecule has 0 bridgehead atoms. The number of fused-ring (bicyclic) bond motifs is 1. The van der Waals surface area contributed by atoms with Crippen molar-refractivity contribution in [3.05, 3.63) is 78.4 Å². The van der Waals surface area contributed by atoms with Crippen LogP contribution in [0.25, 0.3) is 22.4 Å². The molecular formula is C26H25N3O4S. The Morgan fingerprint density at radius 2 is 1.68 bits per heavy atom. The summed E-state index contributed by atoms with van der Waals surface area (Å²) >= 11 is 0. The number of nitrogens with zero attached hydrogens (tertiary/aromatic N) is 3. The van der Waals surface area contributed by atoms with Gasteiger partial charge in [-0.2, -0.15) is 0 Å². The standard InChI is InChI=1S/C26H25N3O4S/c1-28(34(32,33)22-9-3-2-4-10-22)20-14-11-18(12-15-20)25-27-23-17-19(26(30)31)13-16-24(23)29(25)21-7-5-6-8-21/h2-4,9-17,21H,5-8H2,1H3,(H,30,31). The van der Waals surface area contributed by atoms with Crippen LogP contribution in [0.5, 0.6) is 0 Å². The summed E-state index contributed by atoms with van der Waals surface area (Å²) in [6, 6.07) is 21.0. The minimum absolute atomic E-state index is 0.207. The van der Waals surface area contributed by atoms with E-state index in [0.717, 1.165) is 42.6 Å². The largest absolute Gasteiger partial charge is 0.478 e. The van der Waals surface area contributed by atoms with Crippen LogP contribution < -0.4 is 4.31 Å². The number of aromatic carboxylic acids is 1. The number of rotatable bonds is 6. The fraction of sp³-hybridized carbons (Fsp3) is 0.231. The number of anilines is 1. The zero-order valence-electron chi connectivity index (χ0n) is 18.8. The Kier molecular flexibility index (Phi) is 5.61. The number of aromatic nitrogens is 2. The minimum atomic E-state index is -3.67. The average Bonchev–Trinajstić information content (AvgIpc) is 3.51. The van der Waals surface area contributed by atoms with E-state index >= 15 is 0 Å². The highest BCUT2D eigenvalue weighted by molar-refractivity contribution is 7.92. The van der Waals surface area contributed by atoms with Crippen LogP contribution in [0.1, 0.15) is 42.1 Å². The molecule has 3 aromatic carbocycles. The number of carbonyl (C=O) groups is 1. The highest BCUT2D eigenvalue weighted by atomic mass is 32.2. The summed E-state index contributed by atoms with van der Waals surface area (Å²) < 4.78 is 29.4. The molecular weight excluding hydrogens is 450 g/mol. The van der Waals surface area contributed by atoms with E-state index < -0.39 is 16.0 Å². The van der Waals surface area contributed by atoms with Gasteiger partial charge in [0.1, 0.15) is 5.82 Å². The van der Waals surface area contributed by atoms with Gasteiger partial charge >= 0.3 is 5.97 Å². The Labute approximate surface area is 198 Å². The molecule has 0 amide bonds. The van der Waals surface area contributed by atoms with Crippen molar-refractivity contribution in [3.63, 3.8) is 0 Å². The predicted molar refractivity (Wildman–Crippen MR) is 132 cm³/mol. The van der Waals surface area contributed by atoms with E-state index in [1.165, 1.54) is 4.31 Å². The lowest BCUT2D eigenvalue weighted by atomic mass is 10.1. The van der Waals surface area contributed by atoms with Crippen LogP contribution in [-0.4, -0.2) is 36.1 Å². The average molecular weight is 476 g/mol. The normalized spacial score (nSPS) is 14.5. The second-order valence-corrected chi connectivity index (χ2v) is 10.6. The lowest BCUT2D eigenvalue weighted by Crippen LogP contribution is -2.26. The maximum absolute atomic E-state index is 13.0. The first-order chi connectivity index (χ1) is 16.4. The van der Waals surface area contributed by atoms with Gasteiger partial charge in [0.2, 0.25) is 0 Å². The van der Waals surface area contributed by atoms with E-state index in [4.69, 9.17) is 4.98 Å². The van der Waals surface area contributed by atoms with E-state index in [2.05, 4.69) is 4.57 Å². The van der Waals surface area contributed by atoms with Crippen LogP contribution >= 0.6 is 0 Å². The summed E-state index contributed by atoms with van der Waals surface area (Å²) in [6.07, 6.45) is 4.40. The number of imidazole rings is 1. The van der Waals surface area contributed by atoms with Crippen molar-refractivity contribution < 1.29 is 18.3 Å². The van der Waals surface area contributed by atoms with Crippen molar-refractivity contribution in [1.82, 2.24) is 9.55 Å². The Bertz CT molecular complexity index is 1460. The number of hydrogen-bond donors (Lipinski definition) is 1. The van der Waals surface area contributed by atoms with Crippen LogP contribution in [0, 0.1) is 0 Å². The minimum Gasteiger partial charge on any atom is -0.478 e. The topological polar surface area (TPSA) is 92.5 Å². The molecule has 1 aliphatic rings. The SMILES string of the molecule is CN(c1ccc(-c2nc3cc(C(=O)O)ccc3n2C2CCCC2)cc1)S(=O)(=O)c1ccccc1. The Morgan fingerprint density at radius 3 is 2.32 bits per heavy atom. The van der Waals surface area contributed by atoms with E-state index in [1.807, 2.05) is 18.2 Å². The predicted octanol–water partition coefficient (Wildman–Crippen LogP) is 5.34. The molecule has 4 aromatic rings. The third-order valence-electron chi connectivity index (χ3n) is 6.52. The van der Waals surface area contributed by atoms with Gasteiger partial charge in [0.25, 0.3) is 10.0 Å². The summed E-state index contributed by atoms with van der Waals surface area (Å²) in [5.41, 5.74) is 3.17. The second-order valence-electron chi connectivity index (χ2n) is 8.58. The van der Waals surface area contributed by atoms with Gasteiger partial charge in [0.05, 0.1) is 27.2 Å². The molecule has 174 valence electrons. The van der Waals surface area contributed by atoms with E-state index in [1.54, 1.807) is 61.6 Å². The Morgan fingerprint density at radius 1 is 1.00 bits per heavy atom. The summed E-state index contributed by atoms with van der Waals surface area (Å²) in [7, 11) is -2.13. The first-order valence-electron chi connectivity index (χ1n) is 11.3. The van der Waals surface area contributed by atoms with Crippen molar-refractivity contribution in [2.24, 2.45) is 0 Å². The van der Waals surface area contributed by atoms with Gasteiger partial charge in [-0.1, -0.05) is 31.0 Å². The molecule has 7 nitrogen and oxygen atoms in total. The van der Waals surface area contributed by atoms with Crippen molar-refractivity contribution in [3.8, 4) is 11.4 Å². The van der Waals surface area contributed by atoms with Crippen molar-refractivity contribution >= 4 is 32.7 Å². The molecule has 0 spiro atoms. The molecule has 0 aliphatic heterocycles. The summed E-state index contributed by atoms with van der Waals surface area (Å²) in [6.45, 7) is 0. The van der Waals surface area contributed by atoms with Crippen LogP contribution in [0.2, 0.25) is 0 Å². The maximum atomic E-state index is 13.0. The van der Waals surface area contributed by atoms with Crippen LogP contribution in [-0.2, 0) is 10.0 Å².